The molecule has 3 aliphatic rings. The molecule has 5 heterocycles. The number of carbonyl (C=O) groups excluding carboxylic acids is 2. The lowest BCUT2D eigenvalue weighted by Crippen LogP contribution is -2.47. The highest BCUT2D eigenvalue weighted by molar-refractivity contribution is 5.90. The van der Waals surface area contributed by atoms with Crippen LogP contribution in [-0.2, 0) is 16.6 Å². The molecule has 3 aliphatic heterocycles. The van der Waals surface area contributed by atoms with Crippen molar-refractivity contribution in [1.29, 1.82) is 0 Å². The number of rotatable bonds is 5. The molecule has 0 radical (unpaired) electrons. The fraction of sp³-hybridized carbons (Fsp3) is 0.708. The van der Waals surface area contributed by atoms with Crippen molar-refractivity contribution in [1.82, 2.24) is 34.4 Å². The van der Waals surface area contributed by atoms with Crippen LogP contribution in [0.4, 0.5) is 0 Å². The van der Waals surface area contributed by atoms with Gasteiger partial charge in [0.05, 0.1) is 25.8 Å². The quantitative estimate of drug-likeness (QED) is 0.626. The molecule has 190 valence electrons. The number of hydrogen-bond acceptors (Lipinski definition) is 8. The smallest absolute Gasteiger partial charge is 0.289 e. The lowest BCUT2D eigenvalue weighted by Gasteiger charge is -2.39. The Balaban J connectivity index is 1.31. The zero-order valence-electron chi connectivity index (χ0n) is 20.9. The van der Waals surface area contributed by atoms with Crippen LogP contribution in [-0.4, -0.2) is 98.7 Å². The fourth-order valence-electron chi connectivity index (χ4n) is 5.51. The van der Waals surface area contributed by atoms with Crippen LogP contribution in [0.1, 0.15) is 67.5 Å². The van der Waals surface area contributed by atoms with Crippen molar-refractivity contribution in [3.8, 4) is 0 Å². The summed E-state index contributed by atoms with van der Waals surface area (Å²) in [5.41, 5.74) is 0.000831. The van der Waals surface area contributed by atoms with Crippen molar-refractivity contribution >= 4 is 11.8 Å². The van der Waals surface area contributed by atoms with E-state index in [0.29, 0.717) is 63.5 Å². The summed E-state index contributed by atoms with van der Waals surface area (Å²) in [6, 6.07) is -0.100. The molecule has 0 aliphatic carbocycles. The number of nitrogens with zero attached hydrogens (tertiary/aromatic N) is 7. The second kappa shape index (κ2) is 9.69. The zero-order chi connectivity index (χ0) is 24.6. The van der Waals surface area contributed by atoms with E-state index in [4.69, 9.17) is 9.15 Å². The molecule has 0 aromatic carbocycles. The summed E-state index contributed by atoms with van der Waals surface area (Å²) in [5, 5.41) is 8.63. The van der Waals surface area contributed by atoms with Gasteiger partial charge in [0, 0.05) is 58.1 Å². The molecule has 2 amide bonds. The van der Waals surface area contributed by atoms with Crippen LogP contribution < -0.4 is 0 Å². The van der Waals surface area contributed by atoms with E-state index in [2.05, 4.69) is 20.1 Å². The lowest BCUT2D eigenvalue weighted by atomic mass is 9.76. The van der Waals surface area contributed by atoms with Gasteiger partial charge in [0.1, 0.15) is 0 Å². The number of aryl methyl sites for hydroxylation is 1. The number of morpholine rings is 1. The average Bonchev–Trinajstić information content (AvgIpc) is 3.59. The van der Waals surface area contributed by atoms with E-state index in [1.165, 1.54) is 0 Å². The van der Waals surface area contributed by atoms with Crippen molar-refractivity contribution < 1.29 is 18.7 Å². The molecule has 11 nitrogen and oxygen atoms in total. The van der Waals surface area contributed by atoms with Gasteiger partial charge in [-0.2, -0.15) is 0 Å². The Hall–Kier alpha value is -2.79. The van der Waals surface area contributed by atoms with Crippen molar-refractivity contribution in [2.75, 3.05) is 52.5 Å². The topological polar surface area (TPSA) is 110 Å². The van der Waals surface area contributed by atoms with Crippen molar-refractivity contribution in [3.63, 3.8) is 0 Å². The van der Waals surface area contributed by atoms with Crippen molar-refractivity contribution in [2.45, 2.75) is 45.1 Å². The van der Waals surface area contributed by atoms with Gasteiger partial charge in [0.25, 0.3) is 5.91 Å². The maximum absolute atomic E-state index is 13.1. The largest absolute Gasteiger partial charge is 0.423 e. The van der Waals surface area contributed by atoms with E-state index in [-0.39, 0.29) is 29.2 Å². The molecule has 0 N–H and O–H groups in total. The number of aromatic nitrogens is 4. The van der Waals surface area contributed by atoms with E-state index in [9.17, 15) is 9.59 Å². The van der Waals surface area contributed by atoms with Gasteiger partial charge in [-0.05, 0) is 24.7 Å². The highest BCUT2D eigenvalue weighted by atomic mass is 16.5. The molecule has 3 saturated heterocycles. The van der Waals surface area contributed by atoms with Crippen LogP contribution in [0.25, 0.3) is 0 Å². The molecule has 35 heavy (non-hydrogen) atoms. The van der Waals surface area contributed by atoms with E-state index >= 15 is 0 Å². The number of likely N-dealkylation sites (tertiary alicyclic amines) is 2. The number of imidazole rings is 1. The maximum atomic E-state index is 13.1. The molecule has 0 saturated carbocycles. The van der Waals surface area contributed by atoms with Gasteiger partial charge in [0.15, 0.2) is 5.82 Å². The number of ether oxygens (including phenoxy) is 1. The predicted octanol–water partition coefficient (Wildman–Crippen LogP) is 1.45. The molecule has 2 aromatic heterocycles. The summed E-state index contributed by atoms with van der Waals surface area (Å²) in [6.07, 6.45) is 6.02. The Morgan fingerprint density at radius 3 is 2.49 bits per heavy atom. The summed E-state index contributed by atoms with van der Waals surface area (Å²) in [4.78, 5) is 36.3. The Labute approximate surface area is 205 Å². The second-order valence-corrected chi connectivity index (χ2v) is 10.4. The summed E-state index contributed by atoms with van der Waals surface area (Å²) >= 11 is 0. The van der Waals surface area contributed by atoms with Crippen LogP contribution >= 0.6 is 0 Å². The summed E-state index contributed by atoms with van der Waals surface area (Å²) in [7, 11) is 1.84. The monoisotopic (exact) mass is 485 g/mol. The van der Waals surface area contributed by atoms with E-state index < -0.39 is 0 Å². The van der Waals surface area contributed by atoms with Gasteiger partial charge in [0.2, 0.25) is 17.7 Å². The second-order valence-electron chi connectivity index (χ2n) is 10.4. The lowest BCUT2D eigenvalue weighted by molar-refractivity contribution is -0.136. The van der Waals surface area contributed by atoms with E-state index in [1.54, 1.807) is 17.0 Å². The maximum Gasteiger partial charge on any atom is 0.289 e. The Kier molecular flexibility index (Phi) is 6.63. The minimum absolute atomic E-state index is 0.000831. The molecule has 11 heteroatoms. The third-order valence-electron chi connectivity index (χ3n) is 7.67. The summed E-state index contributed by atoms with van der Waals surface area (Å²) in [6.45, 7) is 8.92. The number of carbonyl (C=O) groups is 2. The number of hydrogen-bond donors (Lipinski definition) is 0. The fourth-order valence-corrected chi connectivity index (χ4v) is 5.51. The number of amides is 2. The summed E-state index contributed by atoms with van der Waals surface area (Å²) < 4.78 is 13.2. The molecule has 1 atom stereocenters. The van der Waals surface area contributed by atoms with Gasteiger partial charge < -0.3 is 23.5 Å². The standard InChI is InChI=1S/C24H35N7O4/c1-17(2)21-26-27-22(35-21)18-14-24(16-31(18)15-19(32)29-10-12-34-13-11-29)4-7-30(8-5-24)23(33)20-25-6-9-28(20)3/h6,9,17-18H,4-5,7-8,10-16H2,1-3H3. The van der Waals surface area contributed by atoms with Crippen LogP contribution in [0, 0.1) is 5.41 Å². The van der Waals surface area contributed by atoms with Gasteiger partial charge >= 0.3 is 0 Å². The molecular formula is C24H35N7O4. The average molecular weight is 486 g/mol. The first-order valence-corrected chi connectivity index (χ1v) is 12.5. The molecule has 1 spiro atoms. The SMILES string of the molecule is CC(C)c1nnc(C2CC3(CCN(C(=O)c4nccn4C)CC3)CN2CC(=O)N2CCOCC2)o1. The van der Waals surface area contributed by atoms with Gasteiger partial charge in [-0.3, -0.25) is 14.5 Å². The van der Waals surface area contributed by atoms with Gasteiger partial charge in [-0.15, -0.1) is 10.2 Å². The van der Waals surface area contributed by atoms with E-state index in [0.717, 1.165) is 25.8 Å². The van der Waals surface area contributed by atoms with Crippen LogP contribution in [0.2, 0.25) is 0 Å². The van der Waals surface area contributed by atoms with Gasteiger partial charge in [-0.25, -0.2) is 4.98 Å². The third-order valence-corrected chi connectivity index (χ3v) is 7.67. The van der Waals surface area contributed by atoms with Crippen LogP contribution in [0.15, 0.2) is 16.8 Å². The zero-order valence-corrected chi connectivity index (χ0v) is 20.9. The highest BCUT2D eigenvalue weighted by Crippen LogP contribution is 2.49. The molecule has 2 aromatic rings. The summed E-state index contributed by atoms with van der Waals surface area (Å²) in [5.74, 6) is 1.91. The molecular weight excluding hydrogens is 450 g/mol. The normalized spacial score (nSPS) is 22.9. The molecule has 1 unspecified atom stereocenters. The minimum Gasteiger partial charge on any atom is -0.423 e. The van der Waals surface area contributed by atoms with Crippen molar-refractivity contribution in [3.05, 3.63) is 30.0 Å². The first-order chi connectivity index (χ1) is 16.8. The molecule has 0 bridgehead atoms. The van der Waals surface area contributed by atoms with Crippen LogP contribution in [0.3, 0.4) is 0 Å². The Bertz CT molecular complexity index is 1050. The first kappa shape index (κ1) is 23.9. The molecule has 3 fully saturated rings. The minimum atomic E-state index is -0.100. The Morgan fingerprint density at radius 1 is 1.11 bits per heavy atom. The van der Waals surface area contributed by atoms with E-state index in [1.807, 2.05) is 30.7 Å². The Morgan fingerprint density at radius 2 is 1.86 bits per heavy atom. The number of piperidine rings is 1. The first-order valence-electron chi connectivity index (χ1n) is 12.5. The van der Waals surface area contributed by atoms with Gasteiger partial charge in [-0.1, -0.05) is 13.8 Å². The highest BCUT2D eigenvalue weighted by Gasteiger charge is 2.49. The molecule has 5 rings (SSSR count). The third kappa shape index (κ3) is 4.84. The predicted molar refractivity (Wildman–Crippen MR) is 125 cm³/mol. The van der Waals surface area contributed by atoms with Crippen molar-refractivity contribution in [2.24, 2.45) is 12.5 Å². The van der Waals surface area contributed by atoms with Crippen LogP contribution in [0.5, 0.6) is 0 Å².